The third-order valence-electron chi connectivity index (χ3n) is 4.22. The zero-order valence-electron chi connectivity index (χ0n) is 14.2. The number of hydrogen-bond donors (Lipinski definition) is 0. The maximum atomic E-state index is 5.62. The fraction of sp³-hybridized carbons (Fsp3) is 0.100. The van der Waals surface area contributed by atoms with E-state index in [9.17, 15) is 0 Å². The van der Waals surface area contributed by atoms with E-state index in [0.29, 0.717) is 6.54 Å². The summed E-state index contributed by atoms with van der Waals surface area (Å²) in [5.74, 6) is 2.36. The summed E-state index contributed by atoms with van der Waals surface area (Å²) in [4.78, 5) is 9.77. The standard InChI is InChI=1S/C20H15N3O3S/c1-3-15(10-21-7-1)22-20-23(16(12-27-20)17-4-2-8-24-17)11-14-5-6-18-19(9-14)26-13-25-18/h1-10,12H,11,13H2. The molecule has 1 aliphatic heterocycles. The second kappa shape index (κ2) is 6.77. The quantitative estimate of drug-likeness (QED) is 0.534. The molecule has 0 N–H and O–H groups in total. The molecule has 0 saturated carbocycles. The van der Waals surface area contributed by atoms with Crippen LogP contribution in [-0.4, -0.2) is 16.3 Å². The van der Waals surface area contributed by atoms with Gasteiger partial charge in [0.1, 0.15) is 0 Å². The molecule has 0 spiro atoms. The summed E-state index contributed by atoms with van der Waals surface area (Å²) in [6.45, 7) is 0.902. The molecule has 0 amide bonds. The van der Waals surface area contributed by atoms with Gasteiger partial charge in [0.25, 0.3) is 0 Å². The first kappa shape index (κ1) is 15.9. The van der Waals surface area contributed by atoms with E-state index in [-0.39, 0.29) is 6.79 Å². The maximum absolute atomic E-state index is 5.62. The minimum Gasteiger partial charge on any atom is -0.463 e. The first-order valence-electron chi connectivity index (χ1n) is 8.42. The van der Waals surface area contributed by atoms with Crippen LogP contribution < -0.4 is 14.3 Å². The van der Waals surface area contributed by atoms with Gasteiger partial charge in [0.2, 0.25) is 6.79 Å². The van der Waals surface area contributed by atoms with Gasteiger partial charge in [-0.1, -0.05) is 6.07 Å². The number of furan rings is 1. The summed E-state index contributed by atoms with van der Waals surface area (Å²) >= 11 is 1.57. The zero-order chi connectivity index (χ0) is 18.1. The van der Waals surface area contributed by atoms with Crippen LogP contribution in [0.2, 0.25) is 0 Å². The molecule has 134 valence electrons. The molecule has 4 aromatic rings. The van der Waals surface area contributed by atoms with Crippen LogP contribution in [0, 0.1) is 0 Å². The van der Waals surface area contributed by atoms with Crippen LogP contribution in [-0.2, 0) is 6.54 Å². The van der Waals surface area contributed by atoms with Crippen molar-refractivity contribution in [2.45, 2.75) is 6.54 Å². The molecule has 27 heavy (non-hydrogen) atoms. The summed E-state index contributed by atoms with van der Waals surface area (Å²) in [5.41, 5.74) is 2.88. The van der Waals surface area contributed by atoms with E-state index in [1.165, 1.54) is 0 Å². The summed E-state index contributed by atoms with van der Waals surface area (Å²) in [5, 5.41) is 2.06. The fourth-order valence-corrected chi connectivity index (χ4v) is 3.85. The van der Waals surface area contributed by atoms with Crippen molar-refractivity contribution in [2.24, 2.45) is 4.99 Å². The Morgan fingerprint density at radius 3 is 2.93 bits per heavy atom. The highest BCUT2D eigenvalue weighted by Gasteiger charge is 2.15. The Hall–Kier alpha value is -3.32. The van der Waals surface area contributed by atoms with Gasteiger partial charge in [0.05, 0.1) is 30.4 Å². The Balaban J connectivity index is 1.60. The summed E-state index contributed by atoms with van der Waals surface area (Å²) < 4.78 is 18.7. The molecule has 0 fully saturated rings. The monoisotopic (exact) mass is 377 g/mol. The van der Waals surface area contributed by atoms with E-state index in [2.05, 4.69) is 14.9 Å². The van der Waals surface area contributed by atoms with Crippen molar-refractivity contribution in [3.8, 4) is 23.0 Å². The van der Waals surface area contributed by atoms with E-state index in [0.717, 1.165) is 39.0 Å². The summed E-state index contributed by atoms with van der Waals surface area (Å²) in [6.07, 6.45) is 5.16. The van der Waals surface area contributed by atoms with E-state index in [4.69, 9.17) is 18.9 Å². The van der Waals surface area contributed by atoms with Crippen molar-refractivity contribution in [3.63, 3.8) is 0 Å². The van der Waals surface area contributed by atoms with Gasteiger partial charge in [-0.2, -0.15) is 0 Å². The number of ether oxygens (including phenoxy) is 2. The molecule has 7 heteroatoms. The van der Waals surface area contributed by atoms with Crippen LogP contribution >= 0.6 is 11.3 Å². The first-order chi connectivity index (χ1) is 13.4. The Labute approximate surface area is 159 Å². The molecule has 0 saturated heterocycles. The fourth-order valence-electron chi connectivity index (χ4n) is 2.95. The molecule has 0 unspecified atom stereocenters. The summed E-state index contributed by atoms with van der Waals surface area (Å²) in [6, 6.07) is 13.6. The molecule has 1 aliphatic rings. The molecule has 0 bridgehead atoms. The van der Waals surface area contributed by atoms with Gasteiger partial charge in [-0.25, -0.2) is 4.99 Å². The second-order valence-electron chi connectivity index (χ2n) is 5.98. The SMILES string of the molecule is c1cncc(N=c2scc(-c3ccco3)n2Cc2ccc3c(c2)OCO3)c1. The lowest BCUT2D eigenvalue weighted by molar-refractivity contribution is 0.174. The molecule has 0 aliphatic carbocycles. The third-order valence-corrected chi connectivity index (χ3v) is 5.08. The number of aromatic nitrogens is 2. The van der Waals surface area contributed by atoms with Gasteiger partial charge in [-0.05, 0) is 42.0 Å². The Morgan fingerprint density at radius 2 is 2.07 bits per heavy atom. The topological polar surface area (TPSA) is 61.8 Å². The van der Waals surface area contributed by atoms with Crippen LogP contribution in [0.4, 0.5) is 5.69 Å². The normalized spacial score (nSPS) is 13.3. The summed E-state index contributed by atoms with van der Waals surface area (Å²) in [7, 11) is 0. The smallest absolute Gasteiger partial charge is 0.231 e. The minimum absolute atomic E-state index is 0.267. The van der Waals surface area contributed by atoms with Crippen LogP contribution in [0.5, 0.6) is 11.5 Å². The largest absolute Gasteiger partial charge is 0.463 e. The van der Waals surface area contributed by atoms with Crippen molar-refractivity contribution in [3.05, 3.63) is 76.9 Å². The number of benzene rings is 1. The van der Waals surface area contributed by atoms with E-state index >= 15 is 0 Å². The molecule has 4 heterocycles. The van der Waals surface area contributed by atoms with E-state index in [1.807, 2.05) is 42.5 Å². The number of nitrogens with zero attached hydrogens (tertiary/aromatic N) is 3. The molecule has 5 rings (SSSR count). The number of fused-ring (bicyclic) bond motifs is 1. The number of pyridine rings is 1. The van der Waals surface area contributed by atoms with Gasteiger partial charge in [-0.3, -0.25) is 4.98 Å². The average Bonchev–Trinajstić information content (AvgIpc) is 3.44. The van der Waals surface area contributed by atoms with Crippen molar-refractivity contribution in [1.29, 1.82) is 0 Å². The number of hydrogen-bond acceptors (Lipinski definition) is 6. The van der Waals surface area contributed by atoms with Gasteiger partial charge >= 0.3 is 0 Å². The van der Waals surface area contributed by atoms with Crippen molar-refractivity contribution < 1.29 is 13.9 Å². The predicted octanol–water partition coefficient (Wildman–Crippen LogP) is 4.21. The minimum atomic E-state index is 0.267. The first-order valence-corrected chi connectivity index (χ1v) is 9.30. The molecule has 3 aromatic heterocycles. The molecular weight excluding hydrogens is 362 g/mol. The van der Waals surface area contributed by atoms with Gasteiger partial charge in [0.15, 0.2) is 22.1 Å². The molecule has 6 nitrogen and oxygen atoms in total. The maximum Gasteiger partial charge on any atom is 0.231 e. The molecular formula is C20H15N3O3S. The molecule has 1 aromatic carbocycles. The lowest BCUT2D eigenvalue weighted by Gasteiger charge is -2.08. The second-order valence-corrected chi connectivity index (χ2v) is 6.81. The highest BCUT2D eigenvalue weighted by Crippen LogP contribution is 2.33. The highest BCUT2D eigenvalue weighted by atomic mass is 32.1. The van der Waals surface area contributed by atoms with E-state index in [1.54, 1.807) is 30.0 Å². The van der Waals surface area contributed by atoms with Crippen LogP contribution in [0.15, 0.2) is 75.9 Å². The lowest BCUT2D eigenvalue weighted by Crippen LogP contribution is -2.16. The highest BCUT2D eigenvalue weighted by molar-refractivity contribution is 7.07. The molecule has 0 atom stereocenters. The van der Waals surface area contributed by atoms with Crippen molar-refractivity contribution in [1.82, 2.24) is 9.55 Å². The van der Waals surface area contributed by atoms with Crippen molar-refractivity contribution in [2.75, 3.05) is 6.79 Å². The van der Waals surface area contributed by atoms with Crippen molar-refractivity contribution >= 4 is 17.0 Å². The van der Waals surface area contributed by atoms with Crippen LogP contribution in [0.1, 0.15) is 5.56 Å². The Bertz CT molecular complexity index is 1130. The third kappa shape index (κ3) is 3.13. The van der Waals surface area contributed by atoms with Gasteiger partial charge in [0, 0.05) is 11.6 Å². The molecule has 0 radical (unpaired) electrons. The predicted molar refractivity (Wildman–Crippen MR) is 101 cm³/mol. The lowest BCUT2D eigenvalue weighted by atomic mass is 10.2. The zero-order valence-corrected chi connectivity index (χ0v) is 15.1. The Morgan fingerprint density at radius 1 is 1.11 bits per heavy atom. The number of rotatable bonds is 4. The van der Waals surface area contributed by atoms with Gasteiger partial charge in [-0.15, -0.1) is 11.3 Å². The van der Waals surface area contributed by atoms with Gasteiger partial charge < -0.3 is 18.5 Å². The Kier molecular flexibility index (Phi) is 3.99. The van der Waals surface area contributed by atoms with Crippen LogP contribution in [0.3, 0.4) is 0 Å². The average molecular weight is 377 g/mol. The number of thiazole rings is 1. The van der Waals surface area contributed by atoms with Crippen LogP contribution in [0.25, 0.3) is 11.5 Å². The van der Waals surface area contributed by atoms with E-state index < -0.39 is 0 Å².